The Hall–Kier alpha value is -0.240. The van der Waals surface area contributed by atoms with Crippen molar-refractivity contribution in [1.82, 2.24) is 0 Å². The van der Waals surface area contributed by atoms with Crippen molar-refractivity contribution in [1.29, 1.82) is 0 Å². The molecule has 0 saturated heterocycles. The maximum absolute atomic E-state index is 11.1. The molecular formula is C22H43ClO2. The van der Waals surface area contributed by atoms with Crippen LogP contribution in [-0.4, -0.2) is 18.5 Å². The minimum atomic E-state index is -0.161. The van der Waals surface area contributed by atoms with Gasteiger partial charge in [-0.25, -0.2) is 0 Å². The molecule has 0 atom stereocenters. The highest BCUT2D eigenvalue weighted by atomic mass is 35.5. The molecule has 2 nitrogen and oxygen atoms in total. The summed E-state index contributed by atoms with van der Waals surface area (Å²) in [6.45, 7) is 2.85. The molecule has 0 aromatic rings. The zero-order valence-electron chi connectivity index (χ0n) is 16.8. The summed E-state index contributed by atoms with van der Waals surface area (Å²) in [5, 5.41) is 0. The van der Waals surface area contributed by atoms with Crippen molar-refractivity contribution in [3.63, 3.8) is 0 Å². The smallest absolute Gasteiger partial charge is 0.306 e. The summed E-state index contributed by atoms with van der Waals surface area (Å²) in [6.07, 6.45) is 23.6. The van der Waals surface area contributed by atoms with Gasteiger partial charge in [0.1, 0.15) is 0 Å². The molecule has 0 heterocycles. The Morgan fingerprint density at radius 3 is 1.36 bits per heavy atom. The van der Waals surface area contributed by atoms with Gasteiger partial charge in [-0.15, -0.1) is 11.6 Å². The Morgan fingerprint density at radius 1 is 0.640 bits per heavy atom. The predicted octanol–water partition coefficient (Wildman–Crippen LogP) is 7.81. The SMILES string of the molecule is CCCCCCCCCCCCCCCCCCCOC(=O)CCCl. The van der Waals surface area contributed by atoms with Gasteiger partial charge in [-0.05, 0) is 6.42 Å². The molecule has 150 valence electrons. The Balaban J connectivity index is 3.02. The van der Waals surface area contributed by atoms with Gasteiger partial charge in [0.25, 0.3) is 0 Å². The van der Waals surface area contributed by atoms with Crippen LogP contribution in [0.2, 0.25) is 0 Å². The van der Waals surface area contributed by atoms with Gasteiger partial charge in [-0.3, -0.25) is 4.79 Å². The fourth-order valence-electron chi connectivity index (χ4n) is 3.16. The molecule has 0 saturated carbocycles. The lowest BCUT2D eigenvalue weighted by atomic mass is 10.0. The summed E-state index contributed by atoms with van der Waals surface area (Å²) in [5.41, 5.74) is 0. The molecule has 0 amide bonds. The molecule has 0 aliphatic rings. The summed E-state index contributed by atoms with van der Waals surface area (Å²) in [5.74, 6) is 0.198. The lowest BCUT2D eigenvalue weighted by Crippen LogP contribution is -2.06. The predicted molar refractivity (Wildman–Crippen MR) is 110 cm³/mol. The summed E-state index contributed by atoms with van der Waals surface area (Å²) in [7, 11) is 0. The van der Waals surface area contributed by atoms with Gasteiger partial charge in [0.15, 0.2) is 0 Å². The molecule has 0 aliphatic heterocycles. The standard InChI is InChI=1S/C22H43ClO2/c1-2-3-4-5-6-7-8-9-10-11-12-13-14-15-16-17-18-21-25-22(24)19-20-23/h2-21H2,1H3. The van der Waals surface area contributed by atoms with Crippen molar-refractivity contribution in [2.24, 2.45) is 0 Å². The van der Waals surface area contributed by atoms with E-state index in [4.69, 9.17) is 16.3 Å². The second-order valence-electron chi connectivity index (χ2n) is 7.32. The molecule has 0 fully saturated rings. The van der Waals surface area contributed by atoms with Crippen LogP contribution in [0.4, 0.5) is 0 Å². The molecule has 0 bridgehead atoms. The fourth-order valence-corrected chi connectivity index (χ4v) is 3.32. The van der Waals surface area contributed by atoms with E-state index in [1.807, 2.05) is 0 Å². The molecule has 0 aliphatic carbocycles. The third-order valence-electron chi connectivity index (χ3n) is 4.81. The number of hydrogen-bond donors (Lipinski definition) is 0. The van der Waals surface area contributed by atoms with Gasteiger partial charge in [0.05, 0.1) is 13.0 Å². The minimum absolute atomic E-state index is 0.161. The maximum atomic E-state index is 11.1. The lowest BCUT2D eigenvalue weighted by molar-refractivity contribution is -0.143. The van der Waals surface area contributed by atoms with E-state index in [1.165, 1.54) is 103 Å². The number of carbonyl (C=O) groups is 1. The van der Waals surface area contributed by atoms with E-state index >= 15 is 0 Å². The second-order valence-corrected chi connectivity index (χ2v) is 7.69. The van der Waals surface area contributed by atoms with Crippen LogP contribution in [0.15, 0.2) is 0 Å². The molecule has 25 heavy (non-hydrogen) atoms. The van der Waals surface area contributed by atoms with E-state index in [9.17, 15) is 4.79 Å². The Labute approximate surface area is 162 Å². The first kappa shape index (κ1) is 24.8. The highest BCUT2D eigenvalue weighted by molar-refractivity contribution is 6.18. The molecule has 3 heteroatoms. The maximum Gasteiger partial charge on any atom is 0.306 e. The average Bonchev–Trinajstić information content (AvgIpc) is 2.61. The minimum Gasteiger partial charge on any atom is -0.466 e. The number of rotatable bonds is 20. The van der Waals surface area contributed by atoms with Crippen LogP contribution in [0.1, 0.15) is 122 Å². The zero-order chi connectivity index (χ0) is 18.4. The van der Waals surface area contributed by atoms with Crippen LogP contribution in [-0.2, 0) is 9.53 Å². The molecule has 0 rings (SSSR count). The van der Waals surface area contributed by atoms with Crippen LogP contribution in [0.25, 0.3) is 0 Å². The van der Waals surface area contributed by atoms with Gasteiger partial charge >= 0.3 is 5.97 Å². The van der Waals surface area contributed by atoms with Crippen molar-refractivity contribution in [2.45, 2.75) is 122 Å². The summed E-state index contributed by atoms with van der Waals surface area (Å²) < 4.78 is 5.08. The van der Waals surface area contributed by atoms with Gasteiger partial charge < -0.3 is 4.74 Å². The molecule has 0 spiro atoms. The summed E-state index contributed by atoms with van der Waals surface area (Å²) in [6, 6.07) is 0. The zero-order valence-corrected chi connectivity index (χ0v) is 17.6. The quantitative estimate of drug-likeness (QED) is 0.123. The molecular weight excluding hydrogens is 332 g/mol. The third kappa shape index (κ3) is 21.7. The van der Waals surface area contributed by atoms with Crippen LogP contribution >= 0.6 is 11.6 Å². The van der Waals surface area contributed by atoms with Gasteiger partial charge in [-0.2, -0.15) is 0 Å². The van der Waals surface area contributed by atoms with Gasteiger partial charge in [0.2, 0.25) is 0 Å². The first-order chi connectivity index (χ1) is 12.3. The number of alkyl halides is 1. The molecule has 0 N–H and O–H groups in total. The van der Waals surface area contributed by atoms with E-state index < -0.39 is 0 Å². The van der Waals surface area contributed by atoms with Crippen molar-refractivity contribution in [3.05, 3.63) is 0 Å². The Kier molecular flexibility index (Phi) is 21.6. The first-order valence-electron chi connectivity index (χ1n) is 11.0. The van der Waals surface area contributed by atoms with E-state index in [-0.39, 0.29) is 5.97 Å². The van der Waals surface area contributed by atoms with E-state index in [2.05, 4.69) is 6.92 Å². The van der Waals surface area contributed by atoms with Crippen LogP contribution in [0, 0.1) is 0 Å². The largest absolute Gasteiger partial charge is 0.466 e. The monoisotopic (exact) mass is 374 g/mol. The number of unbranched alkanes of at least 4 members (excludes halogenated alkanes) is 16. The topological polar surface area (TPSA) is 26.3 Å². The number of carbonyl (C=O) groups excluding carboxylic acids is 1. The average molecular weight is 375 g/mol. The van der Waals surface area contributed by atoms with Gasteiger partial charge in [-0.1, -0.05) is 110 Å². The van der Waals surface area contributed by atoms with Crippen molar-refractivity contribution < 1.29 is 9.53 Å². The summed E-state index contributed by atoms with van der Waals surface area (Å²) >= 11 is 5.48. The number of hydrogen-bond acceptors (Lipinski definition) is 2. The molecule has 0 aromatic heterocycles. The lowest BCUT2D eigenvalue weighted by Gasteiger charge is -2.04. The number of esters is 1. The Morgan fingerprint density at radius 2 is 1.00 bits per heavy atom. The highest BCUT2D eigenvalue weighted by Gasteiger charge is 2.00. The van der Waals surface area contributed by atoms with E-state index in [0.29, 0.717) is 18.9 Å². The molecule has 0 aromatic carbocycles. The van der Waals surface area contributed by atoms with Crippen LogP contribution in [0.5, 0.6) is 0 Å². The molecule has 0 unspecified atom stereocenters. The second kappa shape index (κ2) is 21.8. The van der Waals surface area contributed by atoms with E-state index in [0.717, 1.165) is 6.42 Å². The Bertz CT molecular complexity index is 269. The van der Waals surface area contributed by atoms with E-state index in [1.54, 1.807) is 0 Å². The fraction of sp³-hybridized carbons (Fsp3) is 0.955. The normalized spacial score (nSPS) is 11.0. The van der Waals surface area contributed by atoms with Crippen molar-refractivity contribution >= 4 is 17.6 Å². The first-order valence-corrected chi connectivity index (χ1v) is 11.6. The third-order valence-corrected chi connectivity index (χ3v) is 5.00. The number of ether oxygens (including phenoxy) is 1. The van der Waals surface area contributed by atoms with Crippen molar-refractivity contribution in [2.75, 3.05) is 12.5 Å². The van der Waals surface area contributed by atoms with Gasteiger partial charge in [0, 0.05) is 5.88 Å². The summed E-state index contributed by atoms with van der Waals surface area (Å²) in [4.78, 5) is 11.1. The van der Waals surface area contributed by atoms with Crippen molar-refractivity contribution in [3.8, 4) is 0 Å². The van der Waals surface area contributed by atoms with Crippen LogP contribution < -0.4 is 0 Å². The highest BCUT2D eigenvalue weighted by Crippen LogP contribution is 2.14. The number of halogens is 1. The van der Waals surface area contributed by atoms with Crippen LogP contribution in [0.3, 0.4) is 0 Å². The molecule has 0 radical (unpaired) electrons.